The highest BCUT2D eigenvalue weighted by Crippen LogP contribution is 2.21. The summed E-state index contributed by atoms with van der Waals surface area (Å²) < 4.78 is 27.1. The largest absolute Gasteiger partial charge is 0.352 e. The number of nitrogens with one attached hydrogen (secondary N) is 1. The average molecular weight is 407 g/mol. The molecule has 5 nitrogen and oxygen atoms in total. The van der Waals surface area contributed by atoms with Crippen LogP contribution >= 0.6 is 11.6 Å². The van der Waals surface area contributed by atoms with E-state index in [1.165, 1.54) is 10.4 Å². The zero-order valence-electron chi connectivity index (χ0n) is 15.0. The molecular formula is C20H23ClN2O3S. The summed E-state index contributed by atoms with van der Waals surface area (Å²) in [5.41, 5.74) is 1.42. The first-order chi connectivity index (χ1) is 13.0. The first kappa shape index (κ1) is 19.9. The molecule has 0 saturated carbocycles. The number of sulfonamides is 1. The van der Waals surface area contributed by atoms with Crippen LogP contribution in [0.15, 0.2) is 53.4 Å². The third-order valence-electron chi connectivity index (χ3n) is 4.66. The minimum Gasteiger partial charge on any atom is -0.352 e. The van der Waals surface area contributed by atoms with Gasteiger partial charge in [0.25, 0.3) is 5.91 Å². The van der Waals surface area contributed by atoms with Crippen LogP contribution in [0.25, 0.3) is 0 Å². The van der Waals surface area contributed by atoms with E-state index in [2.05, 4.69) is 5.32 Å². The molecule has 0 aromatic heterocycles. The predicted octanol–water partition coefficient (Wildman–Crippen LogP) is 3.49. The summed E-state index contributed by atoms with van der Waals surface area (Å²) in [5.74, 6) is -0.278. The molecule has 2 aromatic rings. The third kappa shape index (κ3) is 5.09. The van der Waals surface area contributed by atoms with Gasteiger partial charge in [-0.3, -0.25) is 4.79 Å². The van der Waals surface area contributed by atoms with Gasteiger partial charge in [-0.05, 0) is 55.2 Å². The lowest BCUT2D eigenvalue weighted by Gasteiger charge is -2.26. The first-order valence-electron chi connectivity index (χ1n) is 9.10. The molecule has 27 heavy (non-hydrogen) atoms. The normalized spacial score (nSPS) is 15.4. The fourth-order valence-electron chi connectivity index (χ4n) is 3.13. The standard InChI is InChI=1S/C20H23ClN2O3S/c21-18-9-7-16(8-10-18)11-12-22-20(24)17-5-4-6-19(15-17)27(25,26)23-13-2-1-3-14-23/h4-10,15H,1-3,11-14H2,(H,22,24). The summed E-state index contributed by atoms with van der Waals surface area (Å²) >= 11 is 5.86. The number of amides is 1. The van der Waals surface area contributed by atoms with E-state index in [0.29, 0.717) is 36.6 Å². The van der Waals surface area contributed by atoms with Gasteiger partial charge in [0.2, 0.25) is 10.0 Å². The zero-order valence-corrected chi connectivity index (χ0v) is 16.6. The lowest BCUT2D eigenvalue weighted by Crippen LogP contribution is -2.35. The molecule has 0 radical (unpaired) electrons. The van der Waals surface area contributed by atoms with E-state index >= 15 is 0 Å². The molecule has 1 aliphatic rings. The van der Waals surface area contributed by atoms with Crippen LogP contribution in [-0.2, 0) is 16.4 Å². The maximum atomic E-state index is 12.8. The topological polar surface area (TPSA) is 66.5 Å². The van der Waals surface area contributed by atoms with Gasteiger partial charge in [-0.25, -0.2) is 8.42 Å². The average Bonchev–Trinajstić information content (AvgIpc) is 2.70. The molecule has 0 aliphatic carbocycles. The summed E-state index contributed by atoms with van der Waals surface area (Å²) in [7, 11) is -3.54. The van der Waals surface area contributed by atoms with Crippen LogP contribution in [0.4, 0.5) is 0 Å². The summed E-state index contributed by atoms with van der Waals surface area (Å²) in [6.45, 7) is 1.54. The molecule has 0 unspecified atom stereocenters. The summed E-state index contributed by atoms with van der Waals surface area (Å²) in [5, 5.41) is 3.52. The number of hydrogen-bond acceptors (Lipinski definition) is 3. The summed E-state index contributed by atoms with van der Waals surface area (Å²) in [6.07, 6.45) is 3.49. The van der Waals surface area contributed by atoms with E-state index in [9.17, 15) is 13.2 Å². The van der Waals surface area contributed by atoms with Crippen molar-refractivity contribution in [2.75, 3.05) is 19.6 Å². The Bertz CT molecular complexity index is 892. The Labute approximate surface area is 165 Å². The number of carbonyl (C=O) groups is 1. The highest BCUT2D eigenvalue weighted by molar-refractivity contribution is 7.89. The van der Waals surface area contributed by atoms with Gasteiger partial charge >= 0.3 is 0 Å². The summed E-state index contributed by atoms with van der Waals surface area (Å²) in [4.78, 5) is 12.6. The van der Waals surface area contributed by atoms with Gasteiger partial charge in [0, 0.05) is 30.2 Å². The van der Waals surface area contributed by atoms with Gasteiger partial charge in [-0.15, -0.1) is 0 Å². The lowest BCUT2D eigenvalue weighted by molar-refractivity contribution is 0.0954. The maximum Gasteiger partial charge on any atom is 0.251 e. The monoisotopic (exact) mass is 406 g/mol. The van der Waals surface area contributed by atoms with Crippen molar-refractivity contribution >= 4 is 27.5 Å². The van der Waals surface area contributed by atoms with Crippen molar-refractivity contribution in [3.63, 3.8) is 0 Å². The molecule has 3 rings (SSSR count). The molecule has 0 spiro atoms. The minimum atomic E-state index is -3.54. The van der Waals surface area contributed by atoms with E-state index in [1.807, 2.05) is 24.3 Å². The Kier molecular flexibility index (Phi) is 6.52. The molecule has 0 atom stereocenters. The molecule has 1 heterocycles. The number of rotatable bonds is 6. The van der Waals surface area contributed by atoms with Crippen molar-refractivity contribution in [3.05, 3.63) is 64.7 Å². The Morgan fingerprint density at radius 3 is 2.44 bits per heavy atom. The second-order valence-corrected chi connectivity index (χ2v) is 9.00. The number of piperidine rings is 1. The van der Waals surface area contributed by atoms with Gasteiger partial charge < -0.3 is 5.32 Å². The number of nitrogens with zero attached hydrogens (tertiary/aromatic N) is 1. The Hall–Kier alpha value is -1.89. The molecule has 7 heteroatoms. The van der Waals surface area contributed by atoms with Crippen molar-refractivity contribution in [1.82, 2.24) is 9.62 Å². The molecule has 1 amide bonds. The fourth-order valence-corrected chi connectivity index (χ4v) is 4.82. The molecule has 144 valence electrons. The highest BCUT2D eigenvalue weighted by atomic mass is 35.5. The highest BCUT2D eigenvalue weighted by Gasteiger charge is 2.26. The van der Waals surface area contributed by atoms with Gasteiger partial charge in [0.05, 0.1) is 4.90 Å². The van der Waals surface area contributed by atoms with Crippen LogP contribution in [0.1, 0.15) is 35.2 Å². The van der Waals surface area contributed by atoms with E-state index < -0.39 is 10.0 Å². The molecule has 1 N–H and O–H groups in total. The maximum absolute atomic E-state index is 12.8. The number of carbonyl (C=O) groups excluding carboxylic acids is 1. The fraction of sp³-hybridized carbons (Fsp3) is 0.350. The molecule has 0 bridgehead atoms. The number of benzene rings is 2. The van der Waals surface area contributed by atoms with Crippen LogP contribution in [0.5, 0.6) is 0 Å². The SMILES string of the molecule is O=C(NCCc1ccc(Cl)cc1)c1cccc(S(=O)(=O)N2CCCCC2)c1. The van der Waals surface area contributed by atoms with Gasteiger partial charge in [0.15, 0.2) is 0 Å². The van der Waals surface area contributed by atoms with Crippen LogP contribution < -0.4 is 5.32 Å². The predicted molar refractivity (Wildman–Crippen MR) is 107 cm³/mol. The Morgan fingerprint density at radius 2 is 1.74 bits per heavy atom. The van der Waals surface area contributed by atoms with Crippen LogP contribution in [0.3, 0.4) is 0 Å². The molecule has 2 aromatic carbocycles. The minimum absolute atomic E-state index is 0.176. The molecule has 1 fully saturated rings. The van der Waals surface area contributed by atoms with E-state index in [1.54, 1.807) is 18.2 Å². The van der Waals surface area contributed by atoms with Crippen LogP contribution in [0.2, 0.25) is 5.02 Å². The van der Waals surface area contributed by atoms with Gasteiger partial charge in [-0.1, -0.05) is 36.2 Å². The lowest BCUT2D eigenvalue weighted by atomic mass is 10.1. The van der Waals surface area contributed by atoms with Crippen LogP contribution in [0, 0.1) is 0 Å². The second kappa shape index (κ2) is 8.87. The number of halogens is 1. The Balaban J connectivity index is 1.63. The quantitative estimate of drug-likeness (QED) is 0.798. The van der Waals surface area contributed by atoms with Crippen LogP contribution in [-0.4, -0.2) is 38.3 Å². The Morgan fingerprint density at radius 1 is 1.04 bits per heavy atom. The van der Waals surface area contributed by atoms with Gasteiger partial charge in [-0.2, -0.15) is 4.31 Å². The van der Waals surface area contributed by atoms with E-state index in [-0.39, 0.29) is 10.8 Å². The van der Waals surface area contributed by atoms with Crippen molar-refractivity contribution in [2.24, 2.45) is 0 Å². The van der Waals surface area contributed by atoms with Crippen molar-refractivity contribution < 1.29 is 13.2 Å². The molecule has 1 aliphatic heterocycles. The smallest absolute Gasteiger partial charge is 0.251 e. The molecule has 1 saturated heterocycles. The van der Waals surface area contributed by atoms with Gasteiger partial charge in [0.1, 0.15) is 0 Å². The van der Waals surface area contributed by atoms with Crippen molar-refractivity contribution in [3.8, 4) is 0 Å². The summed E-state index contributed by atoms with van der Waals surface area (Å²) in [6, 6.07) is 13.7. The third-order valence-corrected chi connectivity index (χ3v) is 6.81. The van der Waals surface area contributed by atoms with Crippen molar-refractivity contribution in [1.29, 1.82) is 0 Å². The molecular weight excluding hydrogens is 384 g/mol. The van der Waals surface area contributed by atoms with E-state index in [0.717, 1.165) is 24.8 Å². The first-order valence-corrected chi connectivity index (χ1v) is 10.9. The zero-order chi connectivity index (χ0) is 19.3. The van der Waals surface area contributed by atoms with Crippen molar-refractivity contribution in [2.45, 2.75) is 30.6 Å². The number of hydrogen-bond donors (Lipinski definition) is 1. The van der Waals surface area contributed by atoms with E-state index in [4.69, 9.17) is 11.6 Å². The second-order valence-electron chi connectivity index (χ2n) is 6.62.